The SMILES string of the molecule is Cc1c(Cl)cccc1-c1cn(C)c(-c2ccc(CC(=O)c3cscn3)nc2)n1. The van der Waals surface area contributed by atoms with Crippen molar-refractivity contribution in [3.8, 4) is 22.6 Å². The van der Waals surface area contributed by atoms with E-state index in [9.17, 15) is 4.79 Å². The van der Waals surface area contributed by atoms with Crippen molar-refractivity contribution >= 4 is 28.7 Å². The first-order valence-corrected chi connectivity index (χ1v) is 10.0. The van der Waals surface area contributed by atoms with Crippen LogP contribution < -0.4 is 0 Å². The number of rotatable bonds is 5. The third kappa shape index (κ3) is 3.61. The third-order valence-corrected chi connectivity index (χ3v) is 5.56. The predicted molar refractivity (Wildman–Crippen MR) is 112 cm³/mol. The summed E-state index contributed by atoms with van der Waals surface area (Å²) < 4.78 is 1.97. The summed E-state index contributed by atoms with van der Waals surface area (Å²) in [6, 6.07) is 9.61. The number of benzene rings is 1. The highest BCUT2D eigenvalue weighted by Gasteiger charge is 2.14. The number of imidazole rings is 1. The molecule has 4 aromatic rings. The Bertz CT molecular complexity index is 1130. The van der Waals surface area contributed by atoms with E-state index in [1.807, 2.05) is 55.1 Å². The van der Waals surface area contributed by atoms with Crippen LogP contribution in [0.4, 0.5) is 0 Å². The summed E-state index contributed by atoms with van der Waals surface area (Å²) in [4.78, 5) is 25.4. The van der Waals surface area contributed by atoms with E-state index in [1.165, 1.54) is 11.3 Å². The zero-order chi connectivity index (χ0) is 19.7. The maximum atomic E-state index is 12.2. The Balaban J connectivity index is 1.59. The number of ketones is 1. The van der Waals surface area contributed by atoms with Crippen molar-refractivity contribution in [2.75, 3.05) is 0 Å². The van der Waals surface area contributed by atoms with E-state index in [2.05, 4.69) is 9.97 Å². The molecule has 0 bridgehead atoms. The molecule has 0 saturated heterocycles. The van der Waals surface area contributed by atoms with Crippen LogP contribution >= 0.6 is 22.9 Å². The molecule has 0 aliphatic carbocycles. The van der Waals surface area contributed by atoms with Crippen LogP contribution in [0.15, 0.2) is 53.6 Å². The second-order valence-electron chi connectivity index (χ2n) is 6.48. The van der Waals surface area contributed by atoms with Crippen molar-refractivity contribution in [1.29, 1.82) is 0 Å². The lowest BCUT2D eigenvalue weighted by atomic mass is 10.1. The van der Waals surface area contributed by atoms with Gasteiger partial charge in [0.15, 0.2) is 5.78 Å². The number of pyridine rings is 1. The Labute approximate surface area is 171 Å². The molecular weight excluding hydrogens is 392 g/mol. The quantitative estimate of drug-likeness (QED) is 0.436. The van der Waals surface area contributed by atoms with Crippen LogP contribution in [0.5, 0.6) is 0 Å². The van der Waals surface area contributed by atoms with E-state index in [0.29, 0.717) is 11.4 Å². The van der Waals surface area contributed by atoms with Gasteiger partial charge in [0.05, 0.1) is 17.6 Å². The molecule has 7 heteroatoms. The van der Waals surface area contributed by atoms with Gasteiger partial charge in [0.25, 0.3) is 0 Å². The van der Waals surface area contributed by atoms with Crippen molar-refractivity contribution < 1.29 is 4.79 Å². The number of aromatic nitrogens is 4. The molecule has 0 unspecified atom stereocenters. The lowest BCUT2D eigenvalue weighted by molar-refractivity contribution is 0.0988. The number of aryl methyl sites for hydroxylation is 1. The second-order valence-corrected chi connectivity index (χ2v) is 7.61. The Kier molecular flexibility index (Phi) is 5.07. The van der Waals surface area contributed by atoms with E-state index < -0.39 is 0 Å². The molecule has 0 spiro atoms. The maximum Gasteiger partial charge on any atom is 0.187 e. The van der Waals surface area contributed by atoms with Gasteiger partial charge in [-0.1, -0.05) is 23.7 Å². The summed E-state index contributed by atoms with van der Waals surface area (Å²) in [5, 5.41) is 2.48. The van der Waals surface area contributed by atoms with Gasteiger partial charge in [0, 0.05) is 46.7 Å². The highest BCUT2D eigenvalue weighted by molar-refractivity contribution is 7.07. The Morgan fingerprint density at radius 2 is 2.07 bits per heavy atom. The lowest BCUT2D eigenvalue weighted by Gasteiger charge is -2.04. The summed E-state index contributed by atoms with van der Waals surface area (Å²) in [5.41, 5.74) is 6.61. The van der Waals surface area contributed by atoms with Crippen LogP contribution in [-0.4, -0.2) is 25.3 Å². The number of hydrogen-bond acceptors (Lipinski definition) is 5. The van der Waals surface area contributed by atoms with Crippen molar-refractivity contribution in [2.45, 2.75) is 13.3 Å². The molecule has 3 heterocycles. The van der Waals surface area contributed by atoms with Crippen LogP contribution in [0.3, 0.4) is 0 Å². The topological polar surface area (TPSA) is 60.7 Å². The minimum Gasteiger partial charge on any atom is -0.333 e. The van der Waals surface area contributed by atoms with E-state index in [-0.39, 0.29) is 12.2 Å². The second kappa shape index (κ2) is 7.66. The van der Waals surface area contributed by atoms with Crippen LogP contribution in [-0.2, 0) is 13.5 Å². The number of halogens is 1. The number of Topliss-reactive ketones (excluding diaryl/α,β-unsaturated/α-hetero) is 1. The average Bonchev–Trinajstić information content (AvgIpc) is 3.35. The summed E-state index contributed by atoms with van der Waals surface area (Å²) in [5.74, 6) is 0.775. The predicted octanol–water partition coefficient (Wildman–Crippen LogP) is 4.99. The highest BCUT2D eigenvalue weighted by atomic mass is 35.5. The van der Waals surface area contributed by atoms with E-state index in [4.69, 9.17) is 16.6 Å². The molecule has 0 saturated carbocycles. The minimum absolute atomic E-state index is 0.0304. The van der Waals surface area contributed by atoms with Gasteiger partial charge >= 0.3 is 0 Å². The number of carbonyl (C=O) groups is 1. The molecule has 3 aromatic heterocycles. The first-order chi connectivity index (χ1) is 13.5. The molecule has 5 nitrogen and oxygen atoms in total. The summed E-state index contributed by atoms with van der Waals surface area (Å²) in [7, 11) is 1.95. The lowest BCUT2D eigenvalue weighted by Crippen LogP contribution is -2.05. The van der Waals surface area contributed by atoms with Gasteiger partial charge in [-0.05, 0) is 30.7 Å². The van der Waals surface area contributed by atoms with Crippen molar-refractivity contribution in [2.24, 2.45) is 7.05 Å². The fourth-order valence-corrected chi connectivity index (χ4v) is 3.75. The largest absolute Gasteiger partial charge is 0.333 e. The Morgan fingerprint density at radius 3 is 2.79 bits per heavy atom. The highest BCUT2D eigenvalue weighted by Crippen LogP contribution is 2.29. The normalized spacial score (nSPS) is 11.0. The van der Waals surface area contributed by atoms with Gasteiger partial charge in [0.2, 0.25) is 0 Å². The van der Waals surface area contributed by atoms with Crippen molar-refractivity contribution in [3.05, 3.63) is 75.6 Å². The minimum atomic E-state index is -0.0304. The van der Waals surface area contributed by atoms with Crippen molar-refractivity contribution in [1.82, 2.24) is 19.5 Å². The standard InChI is InChI=1S/C21H17ClN4OS/c1-13-16(4-3-5-17(13)22)18-10-26(2)21(25-18)14-6-7-15(23-9-14)8-20(27)19-11-28-12-24-19/h3-7,9-12H,8H2,1-2H3. The Morgan fingerprint density at radius 1 is 1.21 bits per heavy atom. The van der Waals surface area contributed by atoms with Crippen molar-refractivity contribution in [3.63, 3.8) is 0 Å². The fraction of sp³-hybridized carbons (Fsp3) is 0.143. The molecule has 0 fully saturated rings. The molecule has 140 valence electrons. The molecule has 0 amide bonds. The van der Waals surface area contributed by atoms with Crippen LogP contribution in [0.1, 0.15) is 21.7 Å². The smallest absolute Gasteiger partial charge is 0.187 e. The van der Waals surface area contributed by atoms with Gasteiger partial charge in [-0.2, -0.15) is 0 Å². The summed E-state index contributed by atoms with van der Waals surface area (Å²) in [6.07, 6.45) is 3.96. The van der Waals surface area contributed by atoms with Crippen LogP contribution in [0.2, 0.25) is 5.02 Å². The van der Waals surface area contributed by atoms with Gasteiger partial charge in [-0.15, -0.1) is 11.3 Å². The monoisotopic (exact) mass is 408 g/mol. The zero-order valence-corrected chi connectivity index (χ0v) is 17.0. The zero-order valence-electron chi connectivity index (χ0n) is 15.4. The van der Waals surface area contributed by atoms with E-state index in [0.717, 1.165) is 33.2 Å². The van der Waals surface area contributed by atoms with Gasteiger partial charge < -0.3 is 4.57 Å². The van der Waals surface area contributed by atoms with Gasteiger partial charge in [-0.3, -0.25) is 9.78 Å². The molecule has 28 heavy (non-hydrogen) atoms. The van der Waals surface area contributed by atoms with E-state index >= 15 is 0 Å². The van der Waals surface area contributed by atoms with Crippen LogP contribution in [0.25, 0.3) is 22.6 Å². The molecule has 0 atom stereocenters. The Hall–Kier alpha value is -2.83. The third-order valence-electron chi connectivity index (χ3n) is 4.56. The number of carbonyl (C=O) groups excluding carboxylic acids is 1. The fourth-order valence-electron chi connectivity index (χ4n) is 3.02. The summed E-state index contributed by atoms with van der Waals surface area (Å²) >= 11 is 7.66. The molecule has 1 aromatic carbocycles. The summed E-state index contributed by atoms with van der Waals surface area (Å²) in [6.45, 7) is 1.99. The molecule has 0 N–H and O–H groups in total. The molecule has 0 aliphatic rings. The molecule has 4 rings (SSSR count). The van der Waals surface area contributed by atoms with Gasteiger partial charge in [0.1, 0.15) is 11.5 Å². The molecular formula is C21H17ClN4OS. The first-order valence-electron chi connectivity index (χ1n) is 8.68. The molecule has 0 radical (unpaired) electrons. The average molecular weight is 409 g/mol. The van der Waals surface area contributed by atoms with Crippen LogP contribution in [0, 0.1) is 6.92 Å². The maximum absolute atomic E-state index is 12.2. The first kappa shape index (κ1) is 18.5. The number of thiazole rings is 1. The number of nitrogens with zero attached hydrogens (tertiary/aromatic N) is 4. The van der Waals surface area contributed by atoms with Gasteiger partial charge in [-0.25, -0.2) is 9.97 Å². The molecule has 0 aliphatic heterocycles. The number of hydrogen-bond donors (Lipinski definition) is 0. The van der Waals surface area contributed by atoms with E-state index in [1.54, 1.807) is 17.1 Å².